The summed E-state index contributed by atoms with van der Waals surface area (Å²) in [6.07, 6.45) is 6.37. The topological polar surface area (TPSA) is 49.0 Å². The van der Waals surface area contributed by atoms with Gasteiger partial charge in [-0.05, 0) is 43.4 Å². The molecule has 3 rings (SSSR count). The highest BCUT2D eigenvalue weighted by Gasteiger charge is 2.24. The normalized spacial score (nSPS) is 16.0. The standard InChI is InChI=1S/C16H17ClFN3O/c17-14-2-1-12(8-15(14)18)16(22)21-5-3-11(4-6-21)7-13-9-19-10-20-13/h1-2,8-11H,3-7H2,(H,19,20). The van der Waals surface area contributed by atoms with Gasteiger partial charge in [0, 0.05) is 30.5 Å². The predicted molar refractivity (Wildman–Crippen MR) is 82.3 cm³/mol. The van der Waals surface area contributed by atoms with E-state index in [1.807, 2.05) is 6.20 Å². The third-order valence-electron chi connectivity index (χ3n) is 4.13. The Morgan fingerprint density at radius 2 is 2.18 bits per heavy atom. The van der Waals surface area contributed by atoms with Crippen molar-refractivity contribution in [1.82, 2.24) is 14.9 Å². The lowest BCUT2D eigenvalue weighted by Crippen LogP contribution is -2.39. The number of piperidine rings is 1. The van der Waals surface area contributed by atoms with Crippen LogP contribution in [0.4, 0.5) is 4.39 Å². The summed E-state index contributed by atoms with van der Waals surface area (Å²) in [4.78, 5) is 21.3. The maximum absolute atomic E-state index is 13.5. The van der Waals surface area contributed by atoms with E-state index in [1.165, 1.54) is 12.1 Å². The van der Waals surface area contributed by atoms with Crippen molar-refractivity contribution in [3.8, 4) is 0 Å². The molecule has 0 aliphatic carbocycles. The molecule has 4 nitrogen and oxygen atoms in total. The maximum atomic E-state index is 13.5. The SMILES string of the molecule is O=C(c1ccc(Cl)c(F)c1)N1CCC(Cc2cnc[nH]2)CC1. The van der Waals surface area contributed by atoms with Gasteiger partial charge in [-0.15, -0.1) is 0 Å². The van der Waals surface area contributed by atoms with Crippen LogP contribution in [0.3, 0.4) is 0 Å². The summed E-state index contributed by atoms with van der Waals surface area (Å²) in [5, 5.41) is 0.0369. The molecule has 1 fully saturated rings. The molecule has 1 aliphatic heterocycles. The number of carbonyl (C=O) groups excluding carboxylic acids is 1. The molecule has 0 saturated carbocycles. The van der Waals surface area contributed by atoms with Gasteiger partial charge in [0.2, 0.25) is 0 Å². The van der Waals surface area contributed by atoms with Gasteiger partial charge in [0.25, 0.3) is 5.91 Å². The Labute approximate surface area is 133 Å². The van der Waals surface area contributed by atoms with E-state index < -0.39 is 5.82 Å². The van der Waals surface area contributed by atoms with Gasteiger partial charge in [0.15, 0.2) is 0 Å². The van der Waals surface area contributed by atoms with E-state index in [4.69, 9.17) is 11.6 Å². The molecule has 1 amide bonds. The van der Waals surface area contributed by atoms with Gasteiger partial charge < -0.3 is 9.88 Å². The van der Waals surface area contributed by atoms with Crippen LogP contribution in [0.2, 0.25) is 5.02 Å². The lowest BCUT2D eigenvalue weighted by molar-refractivity contribution is 0.0690. The van der Waals surface area contributed by atoms with Crippen molar-refractivity contribution in [1.29, 1.82) is 0 Å². The lowest BCUT2D eigenvalue weighted by Gasteiger charge is -2.32. The monoisotopic (exact) mass is 321 g/mol. The lowest BCUT2D eigenvalue weighted by atomic mass is 9.92. The van der Waals surface area contributed by atoms with Gasteiger partial charge in [-0.1, -0.05) is 11.6 Å². The van der Waals surface area contributed by atoms with E-state index in [2.05, 4.69) is 9.97 Å². The Bertz CT molecular complexity index is 651. The van der Waals surface area contributed by atoms with Crippen molar-refractivity contribution < 1.29 is 9.18 Å². The molecule has 22 heavy (non-hydrogen) atoms. The molecule has 1 N–H and O–H groups in total. The number of hydrogen-bond donors (Lipinski definition) is 1. The first-order chi connectivity index (χ1) is 10.6. The molecule has 0 spiro atoms. The first kappa shape index (κ1) is 15.0. The summed E-state index contributed by atoms with van der Waals surface area (Å²) < 4.78 is 13.5. The van der Waals surface area contributed by atoms with Gasteiger partial charge in [-0.3, -0.25) is 4.79 Å². The van der Waals surface area contributed by atoms with Crippen LogP contribution in [-0.4, -0.2) is 33.9 Å². The Morgan fingerprint density at radius 1 is 1.41 bits per heavy atom. The first-order valence-corrected chi connectivity index (χ1v) is 7.73. The average Bonchev–Trinajstić information content (AvgIpc) is 3.03. The summed E-state index contributed by atoms with van der Waals surface area (Å²) in [5.41, 5.74) is 1.48. The van der Waals surface area contributed by atoms with Crippen molar-refractivity contribution >= 4 is 17.5 Å². The van der Waals surface area contributed by atoms with E-state index in [0.717, 1.165) is 25.0 Å². The molecular weight excluding hydrogens is 305 g/mol. The molecule has 1 saturated heterocycles. The fraction of sp³-hybridized carbons (Fsp3) is 0.375. The smallest absolute Gasteiger partial charge is 0.253 e. The first-order valence-electron chi connectivity index (χ1n) is 7.35. The van der Waals surface area contributed by atoms with Gasteiger partial charge in [0.1, 0.15) is 5.82 Å². The molecular formula is C16H17ClFN3O. The van der Waals surface area contributed by atoms with Crippen molar-refractivity contribution in [3.63, 3.8) is 0 Å². The minimum absolute atomic E-state index is 0.0369. The molecule has 0 unspecified atom stereocenters. The molecule has 1 aliphatic rings. The Morgan fingerprint density at radius 3 is 2.82 bits per heavy atom. The second-order valence-electron chi connectivity index (χ2n) is 5.65. The van der Waals surface area contributed by atoms with E-state index in [-0.39, 0.29) is 10.9 Å². The van der Waals surface area contributed by atoms with Crippen LogP contribution < -0.4 is 0 Å². The van der Waals surface area contributed by atoms with Gasteiger partial charge in [0.05, 0.1) is 11.3 Å². The van der Waals surface area contributed by atoms with Crippen molar-refractivity contribution in [2.45, 2.75) is 19.3 Å². The van der Waals surface area contributed by atoms with E-state index >= 15 is 0 Å². The molecule has 1 aromatic carbocycles. The number of H-pyrrole nitrogens is 1. The van der Waals surface area contributed by atoms with Gasteiger partial charge in [-0.2, -0.15) is 0 Å². The summed E-state index contributed by atoms with van der Waals surface area (Å²) in [6.45, 7) is 1.39. The number of aromatic nitrogens is 2. The second kappa shape index (κ2) is 6.48. The number of likely N-dealkylation sites (tertiary alicyclic amines) is 1. The highest BCUT2D eigenvalue weighted by molar-refractivity contribution is 6.30. The highest BCUT2D eigenvalue weighted by atomic mass is 35.5. The van der Waals surface area contributed by atoms with Gasteiger partial charge >= 0.3 is 0 Å². The summed E-state index contributed by atoms with van der Waals surface area (Å²) in [5.74, 6) is -0.136. The molecule has 1 aromatic heterocycles. The number of hydrogen-bond acceptors (Lipinski definition) is 2. The van der Waals surface area contributed by atoms with Crippen LogP contribution in [-0.2, 0) is 6.42 Å². The molecule has 2 heterocycles. The number of nitrogens with zero attached hydrogens (tertiary/aromatic N) is 2. The molecule has 2 aromatic rings. The quantitative estimate of drug-likeness (QED) is 0.943. The second-order valence-corrected chi connectivity index (χ2v) is 6.05. The molecule has 6 heteroatoms. The Kier molecular flexibility index (Phi) is 4.43. The number of rotatable bonds is 3. The van der Waals surface area contributed by atoms with Crippen LogP contribution in [0.15, 0.2) is 30.7 Å². The van der Waals surface area contributed by atoms with Crippen LogP contribution >= 0.6 is 11.6 Å². The minimum Gasteiger partial charge on any atom is -0.348 e. The summed E-state index contributed by atoms with van der Waals surface area (Å²) in [7, 11) is 0. The van der Waals surface area contributed by atoms with Crippen molar-refractivity contribution in [2.75, 3.05) is 13.1 Å². The highest BCUT2D eigenvalue weighted by Crippen LogP contribution is 2.23. The third kappa shape index (κ3) is 3.30. The van der Waals surface area contributed by atoms with E-state index in [1.54, 1.807) is 17.3 Å². The summed E-state index contributed by atoms with van der Waals surface area (Å²) >= 11 is 5.65. The van der Waals surface area contributed by atoms with Crippen molar-refractivity contribution in [2.24, 2.45) is 5.92 Å². The van der Waals surface area contributed by atoms with Crippen LogP contribution in [0.25, 0.3) is 0 Å². The predicted octanol–water partition coefficient (Wildman–Crippen LogP) is 3.30. The number of amides is 1. The minimum atomic E-state index is -0.554. The largest absolute Gasteiger partial charge is 0.348 e. The Balaban J connectivity index is 1.58. The number of nitrogens with one attached hydrogen (secondary N) is 1. The molecule has 116 valence electrons. The zero-order valence-electron chi connectivity index (χ0n) is 12.1. The average molecular weight is 322 g/mol. The number of benzene rings is 1. The number of aromatic amines is 1. The number of imidazole rings is 1. The number of carbonyl (C=O) groups is 1. The van der Waals surface area contributed by atoms with Crippen LogP contribution in [0.5, 0.6) is 0 Å². The van der Waals surface area contributed by atoms with Crippen LogP contribution in [0, 0.1) is 11.7 Å². The van der Waals surface area contributed by atoms with Gasteiger partial charge in [-0.25, -0.2) is 9.37 Å². The molecule has 0 bridgehead atoms. The fourth-order valence-electron chi connectivity index (χ4n) is 2.86. The maximum Gasteiger partial charge on any atom is 0.253 e. The van der Waals surface area contributed by atoms with Crippen LogP contribution in [0.1, 0.15) is 28.9 Å². The Hall–Kier alpha value is -1.88. The molecule has 0 atom stereocenters. The number of halogens is 2. The fourth-order valence-corrected chi connectivity index (χ4v) is 2.98. The molecule has 0 radical (unpaired) electrons. The third-order valence-corrected chi connectivity index (χ3v) is 4.44. The van der Waals surface area contributed by atoms with E-state index in [0.29, 0.717) is 24.6 Å². The van der Waals surface area contributed by atoms with E-state index in [9.17, 15) is 9.18 Å². The summed E-state index contributed by atoms with van der Waals surface area (Å²) in [6, 6.07) is 4.21. The van der Waals surface area contributed by atoms with Crippen molar-refractivity contribution in [3.05, 3.63) is 52.8 Å². The zero-order chi connectivity index (χ0) is 15.5. The zero-order valence-corrected chi connectivity index (χ0v) is 12.8.